The first kappa shape index (κ1) is 18.4. The van der Waals surface area contributed by atoms with Gasteiger partial charge in [0.1, 0.15) is 0 Å². The summed E-state index contributed by atoms with van der Waals surface area (Å²) in [4.78, 5) is 14.8. The van der Waals surface area contributed by atoms with Crippen LogP contribution >= 0.6 is 0 Å². The monoisotopic (exact) mass is 375 g/mol. The molecular weight excluding hydrogens is 350 g/mol. The van der Waals surface area contributed by atoms with Gasteiger partial charge in [0.15, 0.2) is 5.69 Å². The van der Waals surface area contributed by atoms with Gasteiger partial charge in [0.2, 0.25) is 0 Å². The maximum atomic E-state index is 12.3. The molecule has 4 rings (SSSR count). The van der Waals surface area contributed by atoms with Crippen molar-refractivity contribution in [2.75, 3.05) is 26.2 Å². The average molecular weight is 375 g/mol. The van der Waals surface area contributed by atoms with Crippen LogP contribution < -0.4 is 5.32 Å². The first-order valence-corrected chi connectivity index (χ1v) is 9.74. The lowest BCUT2D eigenvalue weighted by molar-refractivity contribution is 0.0944. The van der Waals surface area contributed by atoms with Gasteiger partial charge in [0.05, 0.1) is 11.9 Å². The zero-order chi connectivity index (χ0) is 19.3. The number of nitrogens with one attached hydrogen (secondary N) is 1. The Morgan fingerprint density at radius 3 is 2.75 bits per heavy atom. The second-order valence-electron chi connectivity index (χ2n) is 7.28. The third kappa shape index (κ3) is 4.12. The van der Waals surface area contributed by atoms with Crippen molar-refractivity contribution in [3.8, 4) is 5.69 Å². The molecule has 0 saturated carbocycles. The van der Waals surface area contributed by atoms with Crippen molar-refractivity contribution in [1.29, 1.82) is 0 Å². The molecule has 2 aromatic carbocycles. The van der Waals surface area contributed by atoms with Crippen molar-refractivity contribution in [3.63, 3.8) is 0 Å². The lowest BCUT2D eigenvalue weighted by Crippen LogP contribution is -2.34. The second-order valence-corrected chi connectivity index (χ2v) is 7.28. The summed E-state index contributed by atoms with van der Waals surface area (Å²) in [7, 11) is 0. The fourth-order valence-corrected chi connectivity index (χ4v) is 3.83. The number of aryl methyl sites for hydroxylation is 1. The zero-order valence-corrected chi connectivity index (χ0v) is 16.1. The highest BCUT2D eigenvalue weighted by atomic mass is 16.2. The highest BCUT2D eigenvalue weighted by molar-refractivity contribution is 5.91. The molecule has 1 atom stereocenters. The van der Waals surface area contributed by atoms with E-state index >= 15 is 0 Å². The van der Waals surface area contributed by atoms with E-state index in [-0.39, 0.29) is 5.91 Å². The maximum absolute atomic E-state index is 12.3. The molecule has 1 amide bonds. The van der Waals surface area contributed by atoms with E-state index in [9.17, 15) is 4.79 Å². The summed E-state index contributed by atoms with van der Waals surface area (Å²) >= 11 is 0. The van der Waals surface area contributed by atoms with Crippen LogP contribution in [-0.4, -0.2) is 52.0 Å². The van der Waals surface area contributed by atoms with E-state index in [1.165, 1.54) is 17.5 Å². The number of aromatic nitrogens is 3. The van der Waals surface area contributed by atoms with Crippen molar-refractivity contribution in [2.24, 2.45) is 0 Å². The van der Waals surface area contributed by atoms with Gasteiger partial charge in [-0.2, -0.15) is 0 Å². The maximum Gasteiger partial charge on any atom is 0.273 e. The topological polar surface area (TPSA) is 63.1 Å². The van der Waals surface area contributed by atoms with E-state index in [0.717, 1.165) is 25.3 Å². The molecule has 0 aliphatic carbocycles. The first-order chi connectivity index (χ1) is 13.7. The van der Waals surface area contributed by atoms with Crippen LogP contribution in [-0.2, 0) is 0 Å². The lowest BCUT2D eigenvalue weighted by atomic mass is 9.94. The molecule has 1 aliphatic rings. The van der Waals surface area contributed by atoms with Gasteiger partial charge >= 0.3 is 0 Å². The molecule has 0 bridgehead atoms. The largest absolute Gasteiger partial charge is 0.349 e. The molecule has 2 heterocycles. The standard InChI is InChI=1S/C22H25N5O/c1-17-7-5-6-10-20(17)18-11-13-26(15-18)14-12-23-22(28)21-16-27(25-24-21)19-8-3-2-4-9-19/h2-10,16,18H,11-15H2,1H3,(H,23,28)/t18-/m0/s1. The molecular formula is C22H25N5O. The Morgan fingerprint density at radius 1 is 1.14 bits per heavy atom. The minimum absolute atomic E-state index is 0.183. The van der Waals surface area contributed by atoms with Crippen LogP contribution in [0, 0.1) is 6.92 Å². The molecule has 0 unspecified atom stereocenters. The Morgan fingerprint density at radius 2 is 1.93 bits per heavy atom. The van der Waals surface area contributed by atoms with Crippen LogP contribution in [0.1, 0.15) is 34.0 Å². The van der Waals surface area contributed by atoms with E-state index in [4.69, 9.17) is 0 Å². The van der Waals surface area contributed by atoms with Gasteiger partial charge in [-0.25, -0.2) is 4.68 Å². The smallest absolute Gasteiger partial charge is 0.273 e. The number of carbonyl (C=O) groups is 1. The van der Waals surface area contributed by atoms with E-state index in [0.29, 0.717) is 18.2 Å². The minimum Gasteiger partial charge on any atom is -0.349 e. The van der Waals surface area contributed by atoms with Gasteiger partial charge < -0.3 is 10.2 Å². The second kappa shape index (κ2) is 8.35. The normalized spacial score (nSPS) is 17.0. The SMILES string of the molecule is Cc1ccccc1[C@H]1CCN(CCNC(=O)c2cn(-c3ccccc3)nn2)C1. The van der Waals surface area contributed by atoms with Crippen molar-refractivity contribution in [1.82, 2.24) is 25.2 Å². The highest BCUT2D eigenvalue weighted by Crippen LogP contribution is 2.28. The lowest BCUT2D eigenvalue weighted by Gasteiger charge is -2.17. The van der Waals surface area contributed by atoms with E-state index in [2.05, 4.69) is 51.7 Å². The number of amides is 1. The predicted molar refractivity (Wildman–Crippen MR) is 109 cm³/mol. The van der Waals surface area contributed by atoms with Gasteiger partial charge in [0.25, 0.3) is 5.91 Å². The van der Waals surface area contributed by atoms with Gasteiger partial charge in [0, 0.05) is 19.6 Å². The molecule has 28 heavy (non-hydrogen) atoms. The number of para-hydroxylation sites is 1. The molecule has 1 saturated heterocycles. The van der Waals surface area contributed by atoms with Crippen molar-refractivity contribution < 1.29 is 4.79 Å². The first-order valence-electron chi connectivity index (χ1n) is 9.74. The van der Waals surface area contributed by atoms with E-state index in [1.54, 1.807) is 10.9 Å². The molecule has 1 aliphatic heterocycles. The summed E-state index contributed by atoms with van der Waals surface area (Å²) in [6.07, 6.45) is 2.83. The Kier molecular flexibility index (Phi) is 5.48. The van der Waals surface area contributed by atoms with Gasteiger partial charge in [-0.3, -0.25) is 4.79 Å². The molecule has 144 valence electrons. The van der Waals surface area contributed by atoms with Crippen molar-refractivity contribution in [2.45, 2.75) is 19.3 Å². The van der Waals surface area contributed by atoms with Crippen LogP contribution in [0.3, 0.4) is 0 Å². The van der Waals surface area contributed by atoms with Gasteiger partial charge in [-0.05, 0) is 49.1 Å². The summed E-state index contributed by atoms with van der Waals surface area (Å²) < 4.78 is 1.61. The summed E-state index contributed by atoms with van der Waals surface area (Å²) in [5.41, 5.74) is 4.03. The van der Waals surface area contributed by atoms with Crippen LogP contribution in [0.2, 0.25) is 0 Å². The molecule has 3 aromatic rings. The van der Waals surface area contributed by atoms with E-state index in [1.807, 2.05) is 30.3 Å². The summed E-state index contributed by atoms with van der Waals surface area (Å²) in [5, 5.41) is 11.0. The third-order valence-corrected chi connectivity index (χ3v) is 5.36. The zero-order valence-electron chi connectivity index (χ0n) is 16.1. The van der Waals surface area contributed by atoms with Crippen LogP contribution in [0.25, 0.3) is 5.69 Å². The Bertz CT molecular complexity index is 937. The average Bonchev–Trinajstić information content (AvgIpc) is 3.39. The van der Waals surface area contributed by atoms with Gasteiger partial charge in [-0.1, -0.05) is 47.7 Å². The molecule has 1 fully saturated rings. The van der Waals surface area contributed by atoms with E-state index < -0.39 is 0 Å². The Labute approximate surface area is 165 Å². The molecule has 1 N–H and O–H groups in total. The summed E-state index contributed by atoms with van der Waals surface area (Å²) in [5.74, 6) is 0.402. The fourth-order valence-electron chi connectivity index (χ4n) is 3.83. The molecule has 0 spiro atoms. The molecule has 6 heteroatoms. The number of hydrogen-bond donors (Lipinski definition) is 1. The minimum atomic E-state index is -0.183. The molecule has 1 aromatic heterocycles. The quantitative estimate of drug-likeness (QED) is 0.720. The Balaban J connectivity index is 1.26. The van der Waals surface area contributed by atoms with Crippen molar-refractivity contribution >= 4 is 5.91 Å². The number of benzene rings is 2. The number of rotatable bonds is 6. The third-order valence-electron chi connectivity index (χ3n) is 5.36. The number of nitrogens with zero attached hydrogens (tertiary/aromatic N) is 4. The Hall–Kier alpha value is -2.99. The van der Waals surface area contributed by atoms with Gasteiger partial charge in [-0.15, -0.1) is 5.10 Å². The highest BCUT2D eigenvalue weighted by Gasteiger charge is 2.24. The number of hydrogen-bond acceptors (Lipinski definition) is 4. The number of carbonyl (C=O) groups excluding carboxylic acids is 1. The van der Waals surface area contributed by atoms with Crippen LogP contribution in [0.5, 0.6) is 0 Å². The fraction of sp³-hybridized carbons (Fsp3) is 0.318. The molecule has 0 radical (unpaired) electrons. The van der Waals surface area contributed by atoms with Crippen LogP contribution in [0.15, 0.2) is 60.8 Å². The summed E-state index contributed by atoms with van der Waals surface area (Å²) in [6.45, 7) is 5.75. The summed E-state index contributed by atoms with van der Waals surface area (Å²) in [6, 6.07) is 18.3. The van der Waals surface area contributed by atoms with Crippen LogP contribution in [0.4, 0.5) is 0 Å². The number of likely N-dealkylation sites (tertiary alicyclic amines) is 1. The predicted octanol–water partition coefficient (Wildman–Crippen LogP) is 2.80. The molecule has 6 nitrogen and oxygen atoms in total. The van der Waals surface area contributed by atoms with Crippen molar-refractivity contribution in [3.05, 3.63) is 77.6 Å².